The van der Waals surface area contributed by atoms with Crippen molar-refractivity contribution in [1.82, 2.24) is 4.31 Å². The maximum atomic E-state index is 12.7. The van der Waals surface area contributed by atoms with Gasteiger partial charge in [-0.25, -0.2) is 8.42 Å². The number of amides is 1. The first-order valence-corrected chi connectivity index (χ1v) is 11.2. The molecule has 2 aromatic carbocycles. The summed E-state index contributed by atoms with van der Waals surface area (Å²) in [6.07, 6.45) is 1.77. The van der Waals surface area contributed by atoms with Crippen LogP contribution in [0.4, 0.5) is 5.69 Å². The Bertz CT molecular complexity index is 943. The van der Waals surface area contributed by atoms with Crippen molar-refractivity contribution in [2.75, 3.05) is 25.0 Å². The lowest BCUT2D eigenvalue weighted by Crippen LogP contribution is -2.86. The van der Waals surface area contributed by atoms with E-state index in [0.29, 0.717) is 23.8 Å². The predicted octanol–water partition coefficient (Wildman–Crippen LogP) is 2.39. The first kappa shape index (κ1) is 20.8. The Hall–Kier alpha value is -1.93. The third-order valence-electron chi connectivity index (χ3n) is 4.87. The van der Waals surface area contributed by atoms with Gasteiger partial charge in [-0.3, -0.25) is 4.79 Å². The Labute approximate surface area is 170 Å². The lowest BCUT2D eigenvalue weighted by atomic mass is 10.1. The van der Waals surface area contributed by atoms with Crippen LogP contribution in [0.1, 0.15) is 31.4 Å². The van der Waals surface area contributed by atoms with Crippen molar-refractivity contribution < 1.29 is 18.5 Å². The van der Waals surface area contributed by atoms with Crippen LogP contribution >= 0.6 is 11.6 Å². The van der Waals surface area contributed by atoms with Gasteiger partial charge in [0.15, 0.2) is 6.54 Å². The number of nitrogens with two attached hydrogens (primary N) is 1. The number of hydrogen-bond donors (Lipinski definition) is 2. The molecule has 3 rings (SSSR count). The van der Waals surface area contributed by atoms with Crippen LogP contribution in [0.25, 0.3) is 0 Å². The summed E-state index contributed by atoms with van der Waals surface area (Å²) < 4.78 is 26.8. The molecule has 1 fully saturated rings. The molecular formula is C20H25ClN3O3S+. The van der Waals surface area contributed by atoms with Crippen LogP contribution in [0.5, 0.6) is 0 Å². The van der Waals surface area contributed by atoms with Crippen molar-refractivity contribution in [3.05, 3.63) is 59.1 Å². The zero-order valence-corrected chi connectivity index (χ0v) is 17.3. The van der Waals surface area contributed by atoms with Crippen LogP contribution in [0.15, 0.2) is 53.4 Å². The van der Waals surface area contributed by atoms with Crippen LogP contribution in [0.2, 0.25) is 5.02 Å². The molecule has 0 bridgehead atoms. The van der Waals surface area contributed by atoms with Gasteiger partial charge < -0.3 is 10.6 Å². The number of rotatable bonds is 7. The van der Waals surface area contributed by atoms with Gasteiger partial charge in [-0.2, -0.15) is 4.31 Å². The van der Waals surface area contributed by atoms with Gasteiger partial charge >= 0.3 is 0 Å². The number of anilines is 1. The van der Waals surface area contributed by atoms with E-state index in [4.69, 9.17) is 11.6 Å². The van der Waals surface area contributed by atoms with Crippen molar-refractivity contribution >= 4 is 33.2 Å². The predicted molar refractivity (Wildman–Crippen MR) is 110 cm³/mol. The average Bonchev–Trinajstić information content (AvgIpc) is 3.22. The van der Waals surface area contributed by atoms with Crippen molar-refractivity contribution in [3.63, 3.8) is 0 Å². The fourth-order valence-electron chi connectivity index (χ4n) is 3.28. The minimum absolute atomic E-state index is 0.0290. The molecule has 0 aromatic heterocycles. The molecule has 1 amide bonds. The molecule has 150 valence electrons. The molecule has 0 aliphatic carbocycles. The number of carbonyl (C=O) groups excluding carboxylic acids is 1. The molecule has 3 N–H and O–H groups in total. The molecule has 0 radical (unpaired) electrons. The minimum atomic E-state index is -3.50. The monoisotopic (exact) mass is 422 g/mol. The number of halogens is 1. The number of hydrogen-bond acceptors (Lipinski definition) is 3. The number of benzene rings is 2. The normalized spacial score (nSPS) is 16.1. The Morgan fingerprint density at radius 2 is 1.89 bits per heavy atom. The van der Waals surface area contributed by atoms with Gasteiger partial charge in [0.2, 0.25) is 10.0 Å². The summed E-state index contributed by atoms with van der Waals surface area (Å²) in [4.78, 5) is 12.5. The van der Waals surface area contributed by atoms with Crippen molar-refractivity contribution in [1.29, 1.82) is 0 Å². The summed E-state index contributed by atoms with van der Waals surface area (Å²) in [7, 11) is -3.50. The summed E-state index contributed by atoms with van der Waals surface area (Å²) in [6.45, 7) is 3.29. The summed E-state index contributed by atoms with van der Waals surface area (Å²) >= 11 is 6.20. The molecule has 0 unspecified atom stereocenters. The van der Waals surface area contributed by atoms with Crippen LogP contribution in [-0.4, -0.2) is 38.3 Å². The zero-order chi connectivity index (χ0) is 20.1. The number of sulfonamides is 1. The summed E-state index contributed by atoms with van der Waals surface area (Å²) in [5.41, 5.74) is 1.44. The second-order valence-corrected chi connectivity index (χ2v) is 9.28. The summed E-state index contributed by atoms with van der Waals surface area (Å²) in [5.74, 6) is -0.199. The molecule has 0 saturated carbocycles. The van der Waals surface area contributed by atoms with Crippen LogP contribution in [0.3, 0.4) is 0 Å². The van der Waals surface area contributed by atoms with Gasteiger partial charge in [-0.15, -0.1) is 0 Å². The highest BCUT2D eigenvalue weighted by Gasteiger charge is 2.27. The molecule has 1 heterocycles. The van der Waals surface area contributed by atoms with E-state index < -0.39 is 10.0 Å². The van der Waals surface area contributed by atoms with Gasteiger partial charge in [-0.1, -0.05) is 35.9 Å². The molecule has 6 nitrogen and oxygen atoms in total. The molecule has 0 spiro atoms. The quantitative estimate of drug-likeness (QED) is 0.718. The third kappa shape index (κ3) is 4.91. The van der Waals surface area contributed by atoms with Gasteiger partial charge in [-0.05, 0) is 44.0 Å². The average molecular weight is 423 g/mol. The van der Waals surface area contributed by atoms with Crippen molar-refractivity contribution in [3.8, 4) is 0 Å². The van der Waals surface area contributed by atoms with Crippen LogP contribution in [0, 0.1) is 0 Å². The van der Waals surface area contributed by atoms with E-state index >= 15 is 0 Å². The van der Waals surface area contributed by atoms with Crippen molar-refractivity contribution in [2.45, 2.75) is 30.7 Å². The SMILES string of the molecule is C[C@H]([NH2+]CC(=O)Nc1cccc(S(=O)(=O)N2CCCC2)c1)c1ccccc1Cl. The molecule has 2 aromatic rings. The smallest absolute Gasteiger partial charge is 0.279 e. The molecule has 1 saturated heterocycles. The molecule has 1 atom stereocenters. The third-order valence-corrected chi connectivity index (χ3v) is 7.11. The second kappa shape index (κ2) is 9.05. The van der Waals surface area contributed by atoms with Crippen molar-refractivity contribution in [2.24, 2.45) is 0 Å². The first-order valence-electron chi connectivity index (χ1n) is 9.36. The molecule has 1 aliphatic rings. The molecule has 28 heavy (non-hydrogen) atoms. The van der Waals surface area contributed by atoms with E-state index in [1.165, 1.54) is 10.4 Å². The zero-order valence-electron chi connectivity index (χ0n) is 15.8. The first-order chi connectivity index (χ1) is 13.4. The second-order valence-electron chi connectivity index (χ2n) is 6.94. The number of nitrogens with zero attached hydrogens (tertiary/aromatic N) is 1. The van der Waals surface area contributed by atoms with Crippen LogP contribution < -0.4 is 10.6 Å². The lowest BCUT2D eigenvalue weighted by Gasteiger charge is -2.16. The van der Waals surface area contributed by atoms with Crippen LogP contribution in [-0.2, 0) is 14.8 Å². The summed E-state index contributed by atoms with van der Waals surface area (Å²) in [6, 6.07) is 14.0. The minimum Gasteiger partial charge on any atom is -0.332 e. The highest BCUT2D eigenvalue weighted by Crippen LogP contribution is 2.23. The Morgan fingerprint density at radius 1 is 1.18 bits per heavy atom. The Kier molecular flexibility index (Phi) is 6.72. The topological polar surface area (TPSA) is 83.1 Å². The Balaban J connectivity index is 1.61. The lowest BCUT2D eigenvalue weighted by molar-refractivity contribution is -0.682. The van der Waals surface area contributed by atoms with E-state index in [2.05, 4.69) is 5.32 Å². The Morgan fingerprint density at radius 3 is 2.61 bits per heavy atom. The largest absolute Gasteiger partial charge is 0.332 e. The highest BCUT2D eigenvalue weighted by atomic mass is 35.5. The van der Waals surface area contributed by atoms with E-state index in [-0.39, 0.29) is 23.4 Å². The van der Waals surface area contributed by atoms with Gasteiger partial charge in [0.1, 0.15) is 6.04 Å². The van der Waals surface area contributed by atoms with Gasteiger partial charge in [0, 0.05) is 29.4 Å². The fraction of sp³-hybridized carbons (Fsp3) is 0.350. The van der Waals surface area contributed by atoms with E-state index in [9.17, 15) is 13.2 Å². The molecule has 8 heteroatoms. The summed E-state index contributed by atoms with van der Waals surface area (Å²) in [5, 5.41) is 5.34. The standard InChI is InChI=1S/C20H24ClN3O3S/c1-15(18-9-2-3-10-19(18)21)22-14-20(25)23-16-7-6-8-17(13-16)28(26,27)24-11-4-5-12-24/h2-3,6-10,13,15,22H,4-5,11-12,14H2,1H3,(H,23,25)/p+1/t15-/m0/s1. The number of carbonyl (C=O) groups is 1. The van der Waals surface area contributed by atoms with E-state index in [1.54, 1.807) is 18.2 Å². The molecular weight excluding hydrogens is 398 g/mol. The number of quaternary nitrogens is 1. The highest BCUT2D eigenvalue weighted by molar-refractivity contribution is 7.89. The maximum absolute atomic E-state index is 12.7. The van der Waals surface area contributed by atoms with Gasteiger partial charge in [0.25, 0.3) is 5.91 Å². The fourth-order valence-corrected chi connectivity index (χ4v) is 5.15. The van der Waals surface area contributed by atoms with Gasteiger partial charge in [0.05, 0.1) is 4.90 Å². The van der Waals surface area contributed by atoms with E-state index in [1.807, 2.05) is 36.5 Å². The van der Waals surface area contributed by atoms with E-state index in [0.717, 1.165) is 18.4 Å². The number of nitrogens with one attached hydrogen (secondary N) is 1. The maximum Gasteiger partial charge on any atom is 0.279 e. The molecule has 1 aliphatic heterocycles.